The zero-order valence-corrected chi connectivity index (χ0v) is 15.8. The van der Waals surface area contributed by atoms with Crippen LogP contribution in [0.3, 0.4) is 0 Å². The molecule has 1 fully saturated rings. The maximum absolute atomic E-state index is 12.2. The van der Waals surface area contributed by atoms with Gasteiger partial charge in [0.2, 0.25) is 11.0 Å². The number of benzene rings is 2. The molecular formula is C17H11Cl2N3OS2. The average molecular weight is 408 g/mol. The van der Waals surface area contributed by atoms with Gasteiger partial charge in [0.1, 0.15) is 0 Å². The Balaban J connectivity index is 1.52. The Kier molecular flexibility index (Phi) is 4.69. The summed E-state index contributed by atoms with van der Waals surface area (Å²) in [5.74, 6) is -0.0593. The lowest BCUT2D eigenvalue weighted by Gasteiger charge is -2.06. The van der Waals surface area contributed by atoms with Crippen LogP contribution >= 0.6 is 46.3 Å². The molecule has 2 heterocycles. The van der Waals surface area contributed by atoms with Crippen LogP contribution in [0.1, 0.15) is 5.56 Å². The third kappa shape index (κ3) is 3.67. The summed E-state index contributed by atoms with van der Waals surface area (Å²) in [7, 11) is 0. The van der Waals surface area contributed by atoms with E-state index in [1.165, 1.54) is 23.1 Å². The fourth-order valence-corrected chi connectivity index (χ4v) is 4.70. The molecule has 126 valence electrons. The van der Waals surface area contributed by atoms with Gasteiger partial charge in [0.25, 0.3) is 0 Å². The van der Waals surface area contributed by atoms with E-state index in [0.29, 0.717) is 26.8 Å². The summed E-state index contributed by atoms with van der Waals surface area (Å²) in [6.07, 6.45) is 0.562. The molecule has 1 saturated heterocycles. The fraction of sp³-hybridized carbons (Fsp3) is 0.118. The number of hydrogen-bond donors (Lipinski definition) is 1. The minimum absolute atomic E-state index is 0.0593. The molecule has 1 N–H and O–H groups in total. The Morgan fingerprint density at radius 3 is 2.80 bits per heavy atom. The number of amides is 1. The summed E-state index contributed by atoms with van der Waals surface area (Å²) in [4.78, 5) is 21.2. The van der Waals surface area contributed by atoms with Gasteiger partial charge < -0.3 is 5.32 Å². The molecule has 1 atom stereocenters. The number of thiazole rings is 1. The van der Waals surface area contributed by atoms with Crippen molar-refractivity contribution in [1.82, 2.24) is 10.3 Å². The minimum Gasteiger partial charge on any atom is -0.304 e. The quantitative estimate of drug-likeness (QED) is 0.659. The summed E-state index contributed by atoms with van der Waals surface area (Å²) >= 11 is 14.9. The Hall–Kier alpha value is -1.60. The van der Waals surface area contributed by atoms with Crippen LogP contribution in [0, 0.1) is 0 Å². The summed E-state index contributed by atoms with van der Waals surface area (Å²) < 4.78 is 1.07. The van der Waals surface area contributed by atoms with E-state index in [2.05, 4.69) is 15.3 Å². The van der Waals surface area contributed by atoms with Crippen LogP contribution in [-0.2, 0) is 11.2 Å². The van der Waals surface area contributed by atoms with Crippen LogP contribution in [0.2, 0.25) is 10.0 Å². The molecule has 0 radical (unpaired) electrons. The molecule has 2 aromatic carbocycles. The highest BCUT2D eigenvalue weighted by molar-refractivity contribution is 8.15. The Bertz CT molecular complexity index is 969. The second-order valence-corrected chi connectivity index (χ2v) is 8.44. The highest BCUT2D eigenvalue weighted by atomic mass is 35.5. The third-order valence-electron chi connectivity index (χ3n) is 3.66. The van der Waals surface area contributed by atoms with Crippen molar-refractivity contribution in [3.63, 3.8) is 0 Å². The van der Waals surface area contributed by atoms with Crippen molar-refractivity contribution in [2.45, 2.75) is 11.7 Å². The number of nitrogens with one attached hydrogen (secondary N) is 1. The summed E-state index contributed by atoms with van der Waals surface area (Å²) in [6, 6.07) is 13.3. The number of fused-ring (bicyclic) bond motifs is 1. The lowest BCUT2D eigenvalue weighted by molar-refractivity contribution is -0.118. The molecule has 1 aliphatic heterocycles. The topological polar surface area (TPSA) is 54.4 Å². The van der Waals surface area contributed by atoms with E-state index in [1.54, 1.807) is 12.1 Å². The van der Waals surface area contributed by atoms with Gasteiger partial charge in [-0.15, -0.1) is 0 Å². The molecule has 25 heavy (non-hydrogen) atoms. The van der Waals surface area contributed by atoms with Gasteiger partial charge in [0.15, 0.2) is 5.17 Å². The molecule has 1 aliphatic rings. The Morgan fingerprint density at radius 1 is 1.16 bits per heavy atom. The van der Waals surface area contributed by atoms with E-state index >= 15 is 0 Å². The molecule has 4 nitrogen and oxygen atoms in total. The number of halogens is 2. The number of carbonyl (C=O) groups is 1. The molecule has 0 aliphatic carbocycles. The maximum Gasteiger partial charge on any atom is 0.239 e. The van der Waals surface area contributed by atoms with Gasteiger partial charge in [-0.3, -0.25) is 4.79 Å². The predicted molar refractivity (Wildman–Crippen MR) is 106 cm³/mol. The first-order valence-corrected chi connectivity index (χ1v) is 9.89. The van der Waals surface area contributed by atoms with Crippen molar-refractivity contribution in [1.29, 1.82) is 0 Å². The first-order chi connectivity index (χ1) is 12.1. The number of hydrogen-bond acceptors (Lipinski definition) is 5. The smallest absolute Gasteiger partial charge is 0.239 e. The number of aromatic nitrogens is 1. The molecule has 1 unspecified atom stereocenters. The predicted octanol–water partition coefficient (Wildman–Crippen LogP) is 5.06. The number of rotatable bonds is 3. The molecule has 1 amide bonds. The lowest BCUT2D eigenvalue weighted by atomic mass is 10.1. The Morgan fingerprint density at radius 2 is 2.00 bits per heavy atom. The molecule has 1 aromatic heterocycles. The molecule has 3 aromatic rings. The maximum atomic E-state index is 12.2. The zero-order valence-electron chi connectivity index (χ0n) is 12.7. The van der Waals surface area contributed by atoms with E-state index in [4.69, 9.17) is 23.2 Å². The number of nitrogens with zero attached hydrogens (tertiary/aromatic N) is 2. The van der Waals surface area contributed by atoms with E-state index in [9.17, 15) is 4.79 Å². The fourth-order valence-electron chi connectivity index (χ4n) is 2.47. The molecule has 0 saturated carbocycles. The van der Waals surface area contributed by atoms with E-state index in [0.717, 1.165) is 15.8 Å². The number of thioether (sulfide) groups is 1. The van der Waals surface area contributed by atoms with Gasteiger partial charge in [-0.2, -0.15) is 4.99 Å². The molecule has 0 spiro atoms. The van der Waals surface area contributed by atoms with Crippen molar-refractivity contribution in [3.8, 4) is 0 Å². The number of para-hydroxylation sites is 1. The van der Waals surface area contributed by atoms with Crippen LogP contribution in [0.5, 0.6) is 0 Å². The van der Waals surface area contributed by atoms with Crippen molar-refractivity contribution in [2.75, 3.05) is 0 Å². The molecule has 4 rings (SSSR count). The van der Waals surface area contributed by atoms with Crippen LogP contribution in [0.15, 0.2) is 47.5 Å². The first kappa shape index (κ1) is 16.8. The normalized spacial score (nSPS) is 18.9. The van der Waals surface area contributed by atoms with E-state index < -0.39 is 0 Å². The van der Waals surface area contributed by atoms with E-state index in [1.807, 2.05) is 30.3 Å². The number of carbonyl (C=O) groups excluding carboxylic acids is 1. The van der Waals surface area contributed by atoms with Crippen molar-refractivity contribution in [2.24, 2.45) is 4.99 Å². The van der Waals surface area contributed by atoms with Gasteiger partial charge in [-0.1, -0.05) is 64.5 Å². The second kappa shape index (κ2) is 6.96. The largest absolute Gasteiger partial charge is 0.304 e. The SMILES string of the molecule is O=C1N/C(=N/c2nc3ccccc3s2)SC1Cc1ccc(Cl)c(Cl)c1. The second-order valence-electron chi connectivity index (χ2n) is 5.43. The molecule has 8 heteroatoms. The van der Waals surface area contributed by atoms with Crippen molar-refractivity contribution >= 4 is 72.7 Å². The summed E-state index contributed by atoms with van der Waals surface area (Å²) in [5.41, 5.74) is 1.87. The van der Waals surface area contributed by atoms with Crippen LogP contribution in [0.25, 0.3) is 10.2 Å². The minimum atomic E-state index is -0.245. The van der Waals surface area contributed by atoms with Gasteiger partial charge in [-0.25, -0.2) is 4.98 Å². The van der Waals surface area contributed by atoms with E-state index in [-0.39, 0.29) is 11.2 Å². The summed E-state index contributed by atoms with van der Waals surface area (Å²) in [6.45, 7) is 0. The van der Waals surface area contributed by atoms with Gasteiger partial charge in [0.05, 0.1) is 25.5 Å². The highest BCUT2D eigenvalue weighted by Crippen LogP contribution is 2.31. The van der Waals surface area contributed by atoms with Gasteiger partial charge in [0, 0.05) is 0 Å². The number of aliphatic imine (C=N–C) groups is 1. The van der Waals surface area contributed by atoms with Gasteiger partial charge >= 0.3 is 0 Å². The number of amidine groups is 1. The monoisotopic (exact) mass is 407 g/mol. The zero-order chi connectivity index (χ0) is 17.4. The standard InChI is InChI=1S/C17H11Cl2N3OS2/c18-10-6-5-9(7-11(10)19)8-14-15(23)21-17(25-14)22-16-20-12-3-1-2-4-13(12)24-16/h1-7,14H,8H2,(H,20,21,22,23). The van der Waals surface area contributed by atoms with Gasteiger partial charge in [-0.05, 0) is 36.2 Å². The van der Waals surface area contributed by atoms with Crippen LogP contribution in [0.4, 0.5) is 5.13 Å². The average Bonchev–Trinajstić information content (AvgIpc) is 3.14. The molecular weight excluding hydrogens is 397 g/mol. The highest BCUT2D eigenvalue weighted by Gasteiger charge is 2.30. The van der Waals surface area contributed by atoms with Crippen LogP contribution < -0.4 is 5.32 Å². The first-order valence-electron chi connectivity index (χ1n) is 7.44. The third-order valence-corrected chi connectivity index (χ3v) is 6.41. The van der Waals surface area contributed by atoms with Crippen molar-refractivity contribution < 1.29 is 4.79 Å². The van der Waals surface area contributed by atoms with Crippen molar-refractivity contribution in [3.05, 3.63) is 58.1 Å². The lowest BCUT2D eigenvalue weighted by Crippen LogP contribution is -2.25. The Labute approximate surface area is 162 Å². The molecule has 0 bridgehead atoms. The van der Waals surface area contributed by atoms with Crippen LogP contribution in [-0.4, -0.2) is 21.3 Å². The summed E-state index contributed by atoms with van der Waals surface area (Å²) in [5, 5.41) is 4.79.